The quantitative estimate of drug-likeness (QED) is 0.913. The average molecular weight is 304 g/mol. The minimum Gasteiger partial charge on any atom is -0.384 e. The second-order valence-electron chi connectivity index (χ2n) is 5.29. The zero-order valence-corrected chi connectivity index (χ0v) is 12.8. The van der Waals surface area contributed by atoms with E-state index >= 15 is 0 Å². The van der Waals surface area contributed by atoms with E-state index in [0.29, 0.717) is 5.02 Å². The highest BCUT2D eigenvalue weighted by molar-refractivity contribution is 6.33. The monoisotopic (exact) mass is 303 g/mol. The van der Waals surface area contributed by atoms with Gasteiger partial charge in [0.2, 0.25) is 0 Å². The molecule has 0 atom stereocenters. The van der Waals surface area contributed by atoms with Crippen LogP contribution in [0.25, 0.3) is 11.3 Å². The number of benzene rings is 1. The number of aromatic nitrogens is 2. The summed E-state index contributed by atoms with van der Waals surface area (Å²) in [6, 6.07) is 5.83. The molecule has 4 nitrogen and oxygen atoms in total. The van der Waals surface area contributed by atoms with Gasteiger partial charge in [0.25, 0.3) is 5.56 Å². The summed E-state index contributed by atoms with van der Waals surface area (Å²) in [4.78, 5) is 11.9. The molecule has 110 valence electrons. The molecule has 0 bridgehead atoms. The van der Waals surface area contributed by atoms with Crippen LogP contribution in [-0.2, 0) is 12.8 Å². The number of halogens is 1. The van der Waals surface area contributed by atoms with Gasteiger partial charge < -0.3 is 5.32 Å². The molecule has 1 aliphatic rings. The van der Waals surface area contributed by atoms with Crippen molar-refractivity contribution in [2.45, 2.75) is 32.6 Å². The van der Waals surface area contributed by atoms with Gasteiger partial charge in [-0.25, -0.2) is 5.10 Å². The Kier molecular flexibility index (Phi) is 3.97. The van der Waals surface area contributed by atoms with E-state index in [1.54, 1.807) is 0 Å². The van der Waals surface area contributed by atoms with E-state index in [0.717, 1.165) is 60.3 Å². The third-order valence-electron chi connectivity index (χ3n) is 3.90. The number of aromatic amines is 1. The van der Waals surface area contributed by atoms with Crippen LogP contribution in [0.4, 0.5) is 5.69 Å². The third-order valence-corrected chi connectivity index (χ3v) is 4.23. The Bertz CT molecular complexity index is 724. The van der Waals surface area contributed by atoms with Gasteiger partial charge in [-0.2, -0.15) is 5.10 Å². The molecule has 1 aromatic carbocycles. The summed E-state index contributed by atoms with van der Waals surface area (Å²) < 4.78 is 0. The molecular formula is C16H18ClN3O. The molecule has 0 saturated carbocycles. The van der Waals surface area contributed by atoms with Crippen LogP contribution in [0.5, 0.6) is 0 Å². The Morgan fingerprint density at radius 3 is 2.81 bits per heavy atom. The highest BCUT2D eigenvalue weighted by atomic mass is 35.5. The van der Waals surface area contributed by atoms with Crippen LogP contribution in [0.2, 0.25) is 5.02 Å². The molecule has 3 rings (SSSR count). The van der Waals surface area contributed by atoms with Crippen molar-refractivity contribution < 1.29 is 0 Å². The van der Waals surface area contributed by atoms with Crippen LogP contribution in [0.3, 0.4) is 0 Å². The van der Waals surface area contributed by atoms with Crippen molar-refractivity contribution in [3.05, 3.63) is 44.7 Å². The molecule has 0 spiro atoms. The lowest BCUT2D eigenvalue weighted by molar-refractivity contribution is 0.669. The number of nitrogens with zero attached hydrogens (tertiary/aromatic N) is 1. The van der Waals surface area contributed by atoms with Gasteiger partial charge in [0.05, 0.1) is 16.4 Å². The summed E-state index contributed by atoms with van der Waals surface area (Å²) in [5.41, 5.74) is 4.70. The van der Waals surface area contributed by atoms with Crippen LogP contribution in [0, 0.1) is 0 Å². The van der Waals surface area contributed by atoms with Crippen molar-refractivity contribution in [2.75, 3.05) is 11.9 Å². The van der Waals surface area contributed by atoms with Crippen LogP contribution >= 0.6 is 11.6 Å². The molecule has 2 aromatic rings. The van der Waals surface area contributed by atoms with Crippen LogP contribution in [0.1, 0.15) is 30.9 Å². The van der Waals surface area contributed by atoms with Crippen molar-refractivity contribution in [1.29, 1.82) is 0 Å². The number of nitrogens with one attached hydrogen (secondary N) is 2. The molecule has 2 N–H and O–H groups in total. The van der Waals surface area contributed by atoms with Gasteiger partial charge in [0.1, 0.15) is 0 Å². The largest absolute Gasteiger partial charge is 0.384 e. The fourth-order valence-electron chi connectivity index (χ4n) is 2.90. The zero-order chi connectivity index (χ0) is 14.8. The summed E-state index contributed by atoms with van der Waals surface area (Å²) >= 11 is 6.19. The predicted molar refractivity (Wildman–Crippen MR) is 86.1 cm³/mol. The van der Waals surface area contributed by atoms with Crippen molar-refractivity contribution in [2.24, 2.45) is 0 Å². The highest BCUT2D eigenvalue weighted by Gasteiger charge is 2.19. The number of rotatable bonds is 3. The van der Waals surface area contributed by atoms with Crippen molar-refractivity contribution in [3.8, 4) is 11.3 Å². The Morgan fingerprint density at radius 2 is 2.05 bits per heavy atom. The van der Waals surface area contributed by atoms with Crippen molar-refractivity contribution in [3.63, 3.8) is 0 Å². The number of hydrogen-bond acceptors (Lipinski definition) is 3. The highest BCUT2D eigenvalue weighted by Crippen LogP contribution is 2.31. The molecule has 5 heteroatoms. The second kappa shape index (κ2) is 5.90. The van der Waals surface area contributed by atoms with Gasteiger partial charge in [-0.05, 0) is 50.3 Å². The van der Waals surface area contributed by atoms with E-state index < -0.39 is 0 Å². The van der Waals surface area contributed by atoms with Crippen LogP contribution in [-0.4, -0.2) is 16.7 Å². The average Bonchev–Trinajstić information content (AvgIpc) is 2.51. The molecule has 0 unspecified atom stereocenters. The third kappa shape index (κ3) is 2.68. The fourth-order valence-corrected chi connectivity index (χ4v) is 3.08. The molecule has 0 radical (unpaired) electrons. The van der Waals surface area contributed by atoms with E-state index in [-0.39, 0.29) is 5.56 Å². The molecule has 1 heterocycles. The minimum atomic E-state index is -0.0469. The predicted octanol–water partition coefficient (Wildman–Crippen LogP) is 3.40. The number of anilines is 1. The first-order valence-electron chi connectivity index (χ1n) is 7.35. The lowest BCUT2D eigenvalue weighted by atomic mass is 9.90. The molecule has 1 aliphatic carbocycles. The molecule has 0 amide bonds. The first kappa shape index (κ1) is 14.1. The summed E-state index contributed by atoms with van der Waals surface area (Å²) in [7, 11) is 0. The summed E-state index contributed by atoms with van der Waals surface area (Å²) in [6.07, 6.45) is 3.94. The van der Waals surface area contributed by atoms with E-state index in [9.17, 15) is 4.79 Å². The first-order valence-corrected chi connectivity index (χ1v) is 7.72. The Balaban J connectivity index is 2.13. The lowest BCUT2D eigenvalue weighted by Gasteiger charge is -2.18. The maximum Gasteiger partial charge on any atom is 0.267 e. The van der Waals surface area contributed by atoms with Crippen LogP contribution in [0.15, 0.2) is 23.0 Å². The van der Waals surface area contributed by atoms with E-state index in [4.69, 9.17) is 11.6 Å². The number of fused-ring (bicyclic) bond motifs is 1. The normalized spacial score (nSPS) is 13.8. The molecule has 1 aromatic heterocycles. The topological polar surface area (TPSA) is 57.8 Å². The summed E-state index contributed by atoms with van der Waals surface area (Å²) in [5, 5.41) is 10.9. The molecule has 21 heavy (non-hydrogen) atoms. The Morgan fingerprint density at radius 1 is 1.29 bits per heavy atom. The van der Waals surface area contributed by atoms with Crippen LogP contribution < -0.4 is 10.9 Å². The minimum absolute atomic E-state index is 0.0469. The van der Waals surface area contributed by atoms with Crippen molar-refractivity contribution in [1.82, 2.24) is 10.2 Å². The van der Waals surface area contributed by atoms with E-state index in [1.807, 2.05) is 25.1 Å². The van der Waals surface area contributed by atoms with Gasteiger partial charge in [0.15, 0.2) is 0 Å². The maximum absolute atomic E-state index is 11.9. The van der Waals surface area contributed by atoms with Gasteiger partial charge in [-0.1, -0.05) is 17.7 Å². The SMILES string of the molecule is CCNc1cc(-c2n[nH]c(=O)c3c2CCCC3)ccc1Cl. The Labute approximate surface area is 128 Å². The molecule has 0 fully saturated rings. The summed E-state index contributed by atoms with van der Waals surface area (Å²) in [6.45, 7) is 2.84. The lowest BCUT2D eigenvalue weighted by Crippen LogP contribution is -2.21. The fraction of sp³-hybridized carbons (Fsp3) is 0.375. The number of H-pyrrole nitrogens is 1. The second-order valence-corrected chi connectivity index (χ2v) is 5.70. The van der Waals surface area contributed by atoms with Gasteiger partial charge in [-0.15, -0.1) is 0 Å². The van der Waals surface area contributed by atoms with Crippen molar-refractivity contribution >= 4 is 17.3 Å². The van der Waals surface area contributed by atoms with Gasteiger partial charge in [0, 0.05) is 17.7 Å². The maximum atomic E-state index is 11.9. The van der Waals surface area contributed by atoms with Gasteiger partial charge >= 0.3 is 0 Å². The number of hydrogen-bond donors (Lipinski definition) is 2. The molecule has 0 saturated heterocycles. The smallest absolute Gasteiger partial charge is 0.267 e. The first-order chi connectivity index (χ1) is 10.2. The van der Waals surface area contributed by atoms with E-state index in [2.05, 4.69) is 15.5 Å². The van der Waals surface area contributed by atoms with Gasteiger partial charge in [-0.3, -0.25) is 4.79 Å². The standard InChI is InChI=1S/C16H18ClN3O/c1-2-18-14-9-10(7-8-13(14)17)15-11-5-3-4-6-12(11)16(21)20-19-15/h7-9,18H,2-6H2,1H3,(H,20,21). The zero-order valence-electron chi connectivity index (χ0n) is 12.0. The van der Waals surface area contributed by atoms with E-state index in [1.165, 1.54) is 0 Å². The molecule has 0 aliphatic heterocycles. The summed E-state index contributed by atoms with van der Waals surface area (Å²) in [5.74, 6) is 0. The molecular weight excluding hydrogens is 286 g/mol. The Hall–Kier alpha value is -1.81.